The third kappa shape index (κ3) is 4.36. The van der Waals surface area contributed by atoms with Crippen molar-refractivity contribution in [2.45, 2.75) is 20.0 Å². The molecule has 0 aliphatic rings. The Kier molecular flexibility index (Phi) is 5.41. The summed E-state index contributed by atoms with van der Waals surface area (Å²) in [6.07, 6.45) is 2.86. The molecular formula is C15H17N3O2S. The lowest BCUT2D eigenvalue weighted by atomic mass is 10.2. The summed E-state index contributed by atoms with van der Waals surface area (Å²) in [5.74, 6) is 1.22. The van der Waals surface area contributed by atoms with E-state index in [-0.39, 0.29) is 0 Å². The number of hydrogen-bond acceptors (Lipinski definition) is 6. The Morgan fingerprint density at radius 3 is 2.86 bits per heavy atom. The number of rotatable bonds is 7. The molecule has 0 aliphatic carbocycles. The number of nitrogens with zero attached hydrogens (tertiary/aromatic N) is 2. The van der Waals surface area contributed by atoms with Crippen LogP contribution in [0.1, 0.15) is 23.8 Å². The van der Waals surface area contributed by atoms with Gasteiger partial charge in [-0.25, -0.2) is 4.98 Å². The minimum atomic E-state index is 0.420. The van der Waals surface area contributed by atoms with E-state index in [0.717, 1.165) is 23.0 Å². The van der Waals surface area contributed by atoms with Gasteiger partial charge in [0, 0.05) is 18.8 Å². The van der Waals surface area contributed by atoms with E-state index in [1.807, 2.05) is 0 Å². The zero-order valence-electron chi connectivity index (χ0n) is 12.0. The molecule has 0 unspecified atom stereocenters. The van der Waals surface area contributed by atoms with Gasteiger partial charge in [-0.05, 0) is 18.6 Å². The van der Waals surface area contributed by atoms with Gasteiger partial charge in [0.25, 0.3) is 0 Å². The summed E-state index contributed by atoms with van der Waals surface area (Å²) in [5, 5.41) is 13.1. The zero-order chi connectivity index (χ0) is 15.1. The lowest BCUT2D eigenvalue weighted by Gasteiger charge is -2.07. The molecule has 0 bridgehead atoms. The molecule has 0 saturated carbocycles. The number of benzene rings is 1. The summed E-state index contributed by atoms with van der Waals surface area (Å²) in [6, 6.07) is 7.22. The highest BCUT2D eigenvalue weighted by Gasteiger charge is 2.05. The van der Waals surface area contributed by atoms with E-state index in [1.165, 1.54) is 0 Å². The predicted molar refractivity (Wildman–Crippen MR) is 82.9 cm³/mol. The molecule has 0 radical (unpaired) electrons. The molecule has 0 spiro atoms. The molecular weight excluding hydrogens is 286 g/mol. The van der Waals surface area contributed by atoms with Gasteiger partial charge >= 0.3 is 0 Å². The van der Waals surface area contributed by atoms with E-state index < -0.39 is 0 Å². The molecule has 2 rings (SSSR count). The normalized spacial score (nSPS) is 9.95. The number of anilines is 1. The van der Waals surface area contributed by atoms with Gasteiger partial charge in [-0.1, -0.05) is 18.3 Å². The second kappa shape index (κ2) is 7.50. The fraction of sp³-hybridized carbons (Fsp3) is 0.333. The maximum atomic E-state index is 8.98. The zero-order valence-corrected chi connectivity index (χ0v) is 12.9. The van der Waals surface area contributed by atoms with Crippen molar-refractivity contribution in [3.8, 4) is 17.6 Å². The van der Waals surface area contributed by atoms with Crippen LogP contribution < -0.4 is 14.8 Å². The summed E-state index contributed by atoms with van der Waals surface area (Å²) in [4.78, 5) is 5.31. The van der Waals surface area contributed by atoms with Crippen LogP contribution in [0.5, 0.6) is 11.5 Å². The topological polar surface area (TPSA) is 67.2 Å². The number of hydrogen-bond donors (Lipinski definition) is 1. The van der Waals surface area contributed by atoms with E-state index in [9.17, 15) is 0 Å². The van der Waals surface area contributed by atoms with Gasteiger partial charge in [-0.2, -0.15) is 5.26 Å². The molecule has 2 aromatic rings. The molecule has 0 atom stereocenters. The van der Waals surface area contributed by atoms with Crippen LogP contribution in [0.25, 0.3) is 0 Å². The van der Waals surface area contributed by atoms with Crippen LogP contribution in [-0.4, -0.2) is 18.6 Å². The summed E-state index contributed by atoms with van der Waals surface area (Å²) < 4.78 is 10.9. The van der Waals surface area contributed by atoms with Crippen LogP contribution in [0, 0.1) is 11.3 Å². The largest absolute Gasteiger partial charge is 0.497 e. The third-order valence-electron chi connectivity index (χ3n) is 2.71. The first kappa shape index (κ1) is 15.1. The molecule has 0 fully saturated rings. The summed E-state index contributed by atoms with van der Waals surface area (Å²) in [6.45, 7) is 3.44. The van der Waals surface area contributed by atoms with Crippen LogP contribution in [-0.2, 0) is 6.61 Å². The molecule has 1 aromatic heterocycles. The van der Waals surface area contributed by atoms with E-state index in [2.05, 4.69) is 23.3 Å². The third-order valence-corrected chi connectivity index (χ3v) is 3.63. The highest BCUT2D eigenvalue weighted by atomic mass is 32.1. The Morgan fingerprint density at radius 1 is 1.33 bits per heavy atom. The Bertz CT molecular complexity index is 634. The average molecular weight is 303 g/mol. The van der Waals surface area contributed by atoms with Crippen LogP contribution >= 0.6 is 11.3 Å². The Balaban J connectivity index is 1.99. The monoisotopic (exact) mass is 303 g/mol. The maximum absolute atomic E-state index is 8.98. The Labute approximate surface area is 128 Å². The molecule has 110 valence electrons. The number of thiazole rings is 1. The first-order chi connectivity index (χ1) is 10.2. The lowest BCUT2D eigenvalue weighted by Crippen LogP contribution is -1.98. The minimum absolute atomic E-state index is 0.420. The van der Waals surface area contributed by atoms with Crippen molar-refractivity contribution in [1.82, 2.24) is 4.98 Å². The van der Waals surface area contributed by atoms with Gasteiger partial charge in [0.05, 0.1) is 23.6 Å². The van der Waals surface area contributed by atoms with Crippen molar-refractivity contribution < 1.29 is 9.47 Å². The number of aromatic nitrogens is 1. The first-order valence-corrected chi connectivity index (χ1v) is 7.47. The summed E-state index contributed by atoms with van der Waals surface area (Å²) >= 11 is 1.57. The molecule has 0 amide bonds. The average Bonchev–Trinajstić information content (AvgIpc) is 2.98. The highest BCUT2D eigenvalue weighted by Crippen LogP contribution is 2.25. The minimum Gasteiger partial charge on any atom is -0.497 e. The smallest absolute Gasteiger partial charge is 0.182 e. The van der Waals surface area contributed by atoms with Gasteiger partial charge in [0.1, 0.15) is 18.1 Å². The maximum Gasteiger partial charge on any atom is 0.182 e. The van der Waals surface area contributed by atoms with Crippen molar-refractivity contribution in [2.75, 3.05) is 19.0 Å². The first-order valence-electron chi connectivity index (χ1n) is 6.65. The molecule has 1 N–H and O–H groups in total. The number of ether oxygens (including phenoxy) is 2. The van der Waals surface area contributed by atoms with Crippen LogP contribution in [0.2, 0.25) is 0 Å². The quantitative estimate of drug-likeness (QED) is 0.849. The van der Waals surface area contributed by atoms with Gasteiger partial charge in [0.2, 0.25) is 0 Å². The second-order valence-electron chi connectivity index (χ2n) is 4.36. The lowest BCUT2D eigenvalue weighted by molar-refractivity contribution is 0.307. The number of nitriles is 1. The molecule has 1 aromatic carbocycles. The number of methoxy groups -OCH3 is 1. The van der Waals surface area contributed by atoms with Crippen LogP contribution in [0.3, 0.4) is 0 Å². The molecule has 6 heteroatoms. The van der Waals surface area contributed by atoms with E-state index in [4.69, 9.17) is 14.7 Å². The molecule has 1 heterocycles. The predicted octanol–water partition coefficient (Wildman–Crippen LogP) is 3.42. The van der Waals surface area contributed by atoms with Crippen LogP contribution in [0.4, 0.5) is 5.13 Å². The fourth-order valence-electron chi connectivity index (χ4n) is 1.68. The van der Waals surface area contributed by atoms with Crippen molar-refractivity contribution in [3.05, 3.63) is 34.8 Å². The Hall–Kier alpha value is -2.26. The van der Waals surface area contributed by atoms with E-state index >= 15 is 0 Å². The highest BCUT2D eigenvalue weighted by molar-refractivity contribution is 7.15. The van der Waals surface area contributed by atoms with Crippen LogP contribution in [0.15, 0.2) is 24.4 Å². The second-order valence-corrected chi connectivity index (χ2v) is 5.47. The SMILES string of the molecule is CCCNc1ncc(COc2cc(C#N)cc(OC)c2)s1. The van der Waals surface area contributed by atoms with Gasteiger partial charge < -0.3 is 14.8 Å². The van der Waals surface area contributed by atoms with Gasteiger partial charge in [-0.15, -0.1) is 0 Å². The molecule has 0 aliphatic heterocycles. The Morgan fingerprint density at radius 2 is 2.14 bits per heavy atom. The fourth-order valence-corrected chi connectivity index (χ4v) is 2.43. The molecule has 5 nitrogen and oxygen atoms in total. The van der Waals surface area contributed by atoms with E-state index in [1.54, 1.807) is 42.8 Å². The van der Waals surface area contributed by atoms with Crippen molar-refractivity contribution in [3.63, 3.8) is 0 Å². The van der Waals surface area contributed by atoms with Crippen molar-refractivity contribution >= 4 is 16.5 Å². The summed E-state index contributed by atoms with van der Waals surface area (Å²) in [5.41, 5.74) is 0.513. The standard InChI is InChI=1S/C15H17N3O2S/c1-3-4-17-15-18-9-14(21-15)10-20-13-6-11(8-16)5-12(7-13)19-2/h5-7,9H,3-4,10H2,1-2H3,(H,17,18). The number of nitrogens with one attached hydrogen (secondary N) is 1. The van der Waals surface area contributed by atoms with Gasteiger partial charge in [0.15, 0.2) is 5.13 Å². The molecule has 21 heavy (non-hydrogen) atoms. The van der Waals surface area contributed by atoms with E-state index in [0.29, 0.717) is 23.7 Å². The van der Waals surface area contributed by atoms with Gasteiger partial charge in [-0.3, -0.25) is 0 Å². The summed E-state index contributed by atoms with van der Waals surface area (Å²) in [7, 11) is 1.56. The molecule has 0 saturated heterocycles. The van der Waals surface area contributed by atoms with Crippen molar-refractivity contribution in [2.24, 2.45) is 0 Å². The van der Waals surface area contributed by atoms with Crippen molar-refractivity contribution in [1.29, 1.82) is 5.26 Å².